The maximum Gasteiger partial charge on any atom is 0.0483 e. The second-order valence-electron chi connectivity index (χ2n) is 3.61. The van der Waals surface area contributed by atoms with Crippen LogP contribution in [0.15, 0.2) is 18.2 Å². The molecule has 0 atom stereocenters. The fourth-order valence-corrected chi connectivity index (χ4v) is 1.64. The van der Waals surface area contributed by atoms with Gasteiger partial charge in [-0.05, 0) is 37.6 Å². The van der Waals surface area contributed by atoms with Crippen molar-refractivity contribution in [2.45, 2.75) is 13.8 Å². The van der Waals surface area contributed by atoms with Crippen LogP contribution in [-0.4, -0.2) is 4.57 Å². The maximum atomic E-state index is 5.84. The molecule has 0 aliphatic heterocycles. The Morgan fingerprint density at radius 1 is 1.15 bits per heavy atom. The molecule has 0 spiro atoms. The molecule has 1 heterocycles. The SMILES string of the molecule is Cc1cc2c(cc1N)cc(C)n2C. The van der Waals surface area contributed by atoms with Gasteiger partial charge in [-0.1, -0.05) is 0 Å². The summed E-state index contributed by atoms with van der Waals surface area (Å²) in [6.07, 6.45) is 0. The molecule has 0 aliphatic carbocycles. The highest BCUT2D eigenvalue weighted by molar-refractivity contribution is 5.85. The van der Waals surface area contributed by atoms with Crippen molar-refractivity contribution in [2.75, 3.05) is 5.73 Å². The smallest absolute Gasteiger partial charge is 0.0483 e. The third kappa shape index (κ3) is 1.10. The Bertz CT molecular complexity index is 466. The third-order valence-electron chi connectivity index (χ3n) is 2.67. The molecule has 0 fully saturated rings. The lowest BCUT2D eigenvalue weighted by Crippen LogP contribution is -1.92. The van der Waals surface area contributed by atoms with Gasteiger partial charge in [-0.2, -0.15) is 0 Å². The van der Waals surface area contributed by atoms with Gasteiger partial charge in [-0.25, -0.2) is 0 Å². The molecule has 0 aliphatic rings. The first-order chi connectivity index (χ1) is 6.09. The topological polar surface area (TPSA) is 30.9 Å². The highest BCUT2D eigenvalue weighted by Gasteiger charge is 2.03. The van der Waals surface area contributed by atoms with Gasteiger partial charge in [0, 0.05) is 29.3 Å². The molecule has 2 aromatic rings. The van der Waals surface area contributed by atoms with Crippen LogP contribution >= 0.6 is 0 Å². The van der Waals surface area contributed by atoms with Crippen LogP contribution < -0.4 is 5.73 Å². The van der Waals surface area contributed by atoms with Crippen LogP contribution in [0, 0.1) is 13.8 Å². The lowest BCUT2D eigenvalue weighted by atomic mass is 10.1. The zero-order valence-electron chi connectivity index (χ0n) is 8.26. The van der Waals surface area contributed by atoms with Gasteiger partial charge in [0.05, 0.1) is 0 Å². The molecule has 2 rings (SSSR count). The minimum Gasteiger partial charge on any atom is -0.398 e. The van der Waals surface area contributed by atoms with Gasteiger partial charge in [0.15, 0.2) is 0 Å². The zero-order chi connectivity index (χ0) is 9.59. The number of rotatable bonds is 0. The monoisotopic (exact) mass is 174 g/mol. The number of nitrogen functional groups attached to an aromatic ring is 1. The minimum atomic E-state index is 0.873. The third-order valence-corrected chi connectivity index (χ3v) is 2.67. The van der Waals surface area contributed by atoms with Crippen LogP contribution in [0.25, 0.3) is 10.9 Å². The van der Waals surface area contributed by atoms with Crippen molar-refractivity contribution in [3.63, 3.8) is 0 Å². The Hall–Kier alpha value is -1.44. The molecular formula is C11H14N2. The van der Waals surface area contributed by atoms with E-state index in [1.165, 1.54) is 16.6 Å². The van der Waals surface area contributed by atoms with Crippen LogP contribution in [0.5, 0.6) is 0 Å². The van der Waals surface area contributed by atoms with E-state index in [0.29, 0.717) is 0 Å². The van der Waals surface area contributed by atoms with Gasteiger partial charge in [0.25, 0.3) is 0 Å². The molecule has 0 amide bonds. The summed E-state index contributed by atoms with van der Waals surface area (Å²) >= 11 is 0. The van der Waals surface area contributed by atoms with E-state index < -0.39 is 0 Å². The van der Waals surface area contributed by atoms with Crippen molar-refractivity contribution >= 4 is 16.6 Å². The summed E-state index contributed by atoms with van der Waals surface area (Å²) in [4.78, 5) is 0. The van der Waals surface area contributed by atoms with Crippen molar-refractivity contribution in [2.24, 2.45) is 7.05 Å². The highest BCUT2D eigenvalue weighted by Crippen LogP contribution is 2.23. The van der Waals surface area contributed by atoms with E-state index in [4.69, 9.17) is 5.73 Å². The molecule has 68 valence electrons. The van der Waals surface area contributed by atoms with Crippen molar-refractivity contribution in [1.29, 1.82) is 0 Å². The number of hydrogen-bond acceptors (Lipinski definition) is 1. The second-order valence-corrected chi connectivity index (χ2v) is 3.61. The van der Waals surface area contributed by atoms with Gasteiger partial charge < -0.3 is 10.3 Å². The Labute approximate surface area is 78.0 Å². The Morgan fingerprint density at radius 2 is 1.85 bits per heavy atom. The zero-order valence-corrected chi connectivity index (χ0v) is 8.26. The molecule has 2 N–H and O–H groups in total. The highest BCUT2D eigenvalue weighted by atomic mass is 14.9. The van der Waals surface area contributed by atoms with Gasteiger partial charge in [-0.3, -0.25) is 0 Å². The summed E-state index contributed by atoms with van der Waals surface area (Å²) in [7, 11) is 2.08. The summed E-state index contributed by atoms with van der Waals surface area (Å²) in [6.45, 7) is 4.14. The second kappa shape index (κ2) is 2.52. The largest absolute Gasteiger partial charge is 0.398 e. The predicted octanol–water partition coefficient (Wildman–Crippen LogP) is 2.38. The molecular weight excluding hydrogens is 160 g/mol. The standard InChI is InChI=1S/C11H14N2/c1-7-4-11-9(6-10(7)12)5-8(2)13(11)3/h4-6H,12H2,1-3H3. The summed E-state index contributed by atoms with van der Waals surface area (Å²) in [6, 6.07) is 6.33. The average molecular weight is 174 g/mol. The van der Waals surface area contributed by atoms with E-state index in [2.05, 4.69) is 30.7 Å². The molecule has 2 nitrogen and oxygen atoms in total. The van der Waals surface area contributed by atoms with Gasteiger partial charge in [-0.15, -0.1) is 0 Å². The Kier molecular flexibility index (Phi) is 1.59. The minimum absolute atomic E-state index is 0.873. The number of fused-ring (bicyclic) bond motifs is 1. The summed E-state index contributed by atoms with van der Waals surface area (Å²) < 4.78 is 2.18. The van der Waals surface area contributed by atoms with Crippen LogP contribution in [0.3, 0.4) is 0 Å². The van der Waals surface area contributed by atoms with Crippen molar-refractivity contribution in [3.8, 4) is 0 Å². The van der Waals surface area contributed by atoms with Crippen LogP contribution in [0.4, 0.5) is 5.69 Å². The number of nitrogens with two attached hydrogens (primary N) is 1. The number of aryl methyl sites for hydroxylation is 3. The first-order valence-electron chi connectivity index (χ1n) is 4.42. The quantitative estimate of drug-likeness (QED) is 0.611. The van der Waals surface area contributed by atoms with E-state index in [-0.39, 0.29) is 0 Å². The van der Waals surface area contributed by atoms with Gasteiger partial charge in [0.2, 0.25) is 0 Å². The average Bonchev–Trinajstić information content (AvgIpc) is 2.32. The maximum absolute atomic E-state index is 5.84. The van der Waals surface area contributed by atoms with E-state index in [1.54, 1.807) is 0 Å². The van der Waals surface area contributed by atoms with E-state index in [9.17, 15) is 0 Å². The fraction of sp³-hybridized carbons (Fsp3) is 0.273. The van der Waals surface area contributed by atoms with E-state index in [0.717, 1.165) is 11.3 Å². The number of nitrogens with zero attached hydrogens (tertiary/aromatic N) is 1. The van der Waals surface area contributed by atoms with Crippen molar-refractivity contribution < 1.29 is 0 Å². The number of anilines is 1. The molecule has 13 heavy (non-hydrogen) atoms. The lowest BCUT2D eigenvalue weighted by Gasteiger charge is -2.02. The molecule has 2 heteroatoms. The molecule has 0 unspecified atom stereocenters. The van der Waals surface area contributed by atoms with Crippen LogP contribution in [0.2, 0.25) is 0 Å². The van der Waals surface area contributed by atoms with Gasteiger partial charge >= 0.3 is 0 Å². The molecule has 0 saturated carbocycles. The van der Waals surface area contributed by atoms with Crippen molar-refractivity contribution in [1.82, 2.24) is 4.57 Å². The molecule has 0 bridgehead atoms. The lowest BCUT2D eigenvalue weighted by molar-refractivity contribution is 0.917. The number of hydrogen-bond donors (Lipinski definition) is 1. The normalized spacial score (nSPS) is 11.0. The summed E-state index contributed by atoms with van der Waals surface area (Å²) in [5.41, 5.74) is 10.4. The molecule has 1 aromatic carbocycles. The first kappa shape index (κ1) is 8.17. The number of benzene rings is 1. The molecule has 1 aromatic heterocycles. The summed E-state index contributed by atoms with van der Waals surface area (Å²) in [5.74, 6) is 0. The van der Waals surface area contributed by atoms with Crippen molar-refractivity contribution in [3.05, 3.63) is 29.5 Å². The van der Waals surface area contributed by atoms with E-state index in [1.807, 2.05) is 13.0 Å². The summed E-state index contributed by atoms with van der Waals surface area (Å²) in [5, 5.41) is 1.23. The molecule has 0 saturated heterocycles. The van der Waals surface area contributed by atoms with Crippen LogP contribution in [0.1, 0.15) is 11.3 Å². The predicted molar refractivity (Wildman–Crippen MR) is 56.8 cm³/mol. The van der Waals surface area contributed by atoms with Crippen LogP contribution in [-0.2, 0) is 7.05 Å². The van der Waals surface area contributed by atoms with Gasteiger partial charge in [0.1, 0.15) is 0 Å². The first-order valence-corrected chi connectivity index (χ1v) is 4.42. The fourth-order valence-electron chi connectivity index (χ4n) is 1.64. The number of aromatic nitrogens is 1. The van der Waals surface area contributed by atoms with E-state index >= 15 is 0 Å². The Morgan fingerprint density at radius 3 is 2.54 bits per heavy atom. The Balaban J connectivity index is 2.89. The molecule has 0 radical (unpaired) electrons.